The summed E-state index contributed by atoms with van der Waals surface area (Å²) in [7, 11) is 1.88. The number of rotatable bonds is 4. The molecule has 0 spiro atoms. The Labute approximate surface area is 213 Å². The van der Waals surface area contributed by atoms with Gasteiger partial charge < -0.3 is 10.2 Å². The summed E-state index contributed by atoms with van der Waals surface area (Å²) in [6, 6.07) is 5.00. The number of aromatic nitrogens is 6. The third-order valence-electron chi connectivity index (χ3n) is 8.32. The van der Waals surface area contributed by atoms with E-state index in [2.05, 4.69) is 26.5 Å². The first-order valence-corrected chi connectivity index (χ1v) is 12.7. The summed E-state index contributed by atoms with van der Waals surface area (Å²) in [6.45, 7) is 1.62. The van der Waals surface area contributed by atoms with Crippen LogP contribution in [0.2, 0.25) is 0 Å². The van der Waals surface area contributed by atoms with E-state index < -0.39 is 0 Å². The first kappa shape index (κ1) is 22.0. The van der Waals surface area contributed by atoms with Gasteiger partial charge in [0.2, 0.25) is 5.91 Å². The number of nitrogens with one attached hydrogen (secondary N) is 1. The number of hydrogen-bond donors (Lipinski definition) is 1. The fraction of sp³-hybridized carbons (Fsp3) is 0.407. The van der Waals surface area contributed by atoms with Gasteiger partial charge in [-0.3, -0.25) is 14.5 Å². The number of pyridine rings is 1. The Hall–Kier alpha value is -4.26. The summed E-state index contributed by atoms with van der Waals surface area (Å²) in [5.41, 5.74) is 4.52. The molecule has 4 bridgehead atoms. The number of hydrogen-bond acceptors (Lipinski definition) is 7. The summed E-state index contributed by atoms with van der Waals surface area (Å²) in [5.74, 6) is 1.60. The third-order valence-corrected chi connectivity index (χ3v) is 8.32. The summed E-state index contributed by atoms with van der Waals surface area (Å²) >= 11 is 0. The Bertz CT molecular complexity index is 1560. The van der Waals surface area contributed by atoms with Crippen LogP contribution in [0.5, 0.6) is 0 Å². The molecule has 2 unspecified atom stereocenters. The van der Waals surface area contributed by atoms with E-state index in [4.69, 9.17) is 9.97 Å². The predicted octanol–water partition coefficient (Wildman–Crippen LogP) is 3.09. The lowest BCUT2D eigenvalue weighted by Gasteiger charge is -2.61. The number of amides is 1. The van der Waals surface area contributed by atoms with Crippen molar-refractivity contribution >= 4 is 17.2 Å². The highest BCUT2D eigenvalue weighted by Crippen LogP contribution is 2.52. The lowest BCUT2D eigenvalue weighted by atomic mass is 9.59. The number of carbonyl (C=O) groups is 1. The molecule has 2 atom stereocenters. The number of fused-ring (bicyclic) bond motifs is 1. The number of anilines is 1. The predicted molar refractivity (Wildman–Crippen MR) is 136 cm³/mol. The van der Waals surface area contributed by atoms with Crippen molar-refractivity contribution in [1.82, 2.24) is 34.7 Å². The Morgan fingerprint density at radius 2 is 1.86 bits per heavy atom. The van der Waals surface area contributed by atoms with E-state index in [1.807, 2.05) is 37.9 Å². The number of carbonyl (C=O) groups excluding carboxylic acids is 1. The maximum Gasteiger partial charge on any atom is 0.217 e. The zero-order valence-corrected chi connectivity index (χ0v) is 20.8. The number of nitrogens with zero attached hydrogens (tertiary/aromatic N) is 8. The third kappa shape index (κ3) is 3.49. The minimum atomic E-state index is -0.0692. The second kappa shape index (κ2) is 7.87. The maximum atomic E-state index is 11.9. The fourth-order valence-corrected chi connectivity index (χ4v) is 7.25. The van der Waals surface area contributed by atoms with Gasteiger partial charge in [-0.2, -0.15) is 15.5 Å². The largest absolute Gasteiger partial charge is 0.351 e. The molecule has 2 aliphatic heterocycles. The highest BCUT2D eigenvalue weighted by atomic mass is 16.1. The van der Waals surface area contributed by atoms with Gasteiger partial charge in [0.05, 0.1) is 41.6 Å². The smallest absolute Gasteiger partial charge is 0.217 e. The molecule has 0 aromatic carbocycles. The maximum absolute atomic E-state index is 11.9. The molecule has 2 saturated heterocycles. The summed E-state index contributed by atoms with van der Waals surface area (Å²) in [5, 5.41) is 21.7. The lowest BCUT2D eigenvalue weighted by molar-refractivity contribution is -0.123. The minimum absolute atomic E-state index is 0.0640. The van der Waals surface area contributed by atoms with Crippen LogP contribution in [0.1, 0.15) is 44.6 Å². The highest BCUT2D eigenvalue weighted by molar-refractivity contribution is 5.86. The molecule has 1 amide bonds. The molecule has 8 rings (SSSR count). The lowest BCUT2D eigenvalue weighted by Crippen LogP contribution is -2.69. The second-order valence-corrected chi connectivity index (χ2v) is 10.9. The SMILES string of the molecule is CC(=O)NC12CC3CC(C1)N(c1cnc(-c4cc(-c5cnn(C)c5)cn5ncc(C#N)c45)cn1)C(C3)C2. The molecule has 2 saturated carbocycles. The van der Waals surface area contributed by atoms with E-state index in [0.717, 1.165) is 54.6 Å². The average Bonchev–Trinajstić information content (AvgIpc) is 3.48. The Morgan fingerprint density at radius 1 is 1.05 bits per heavy atom. The minimum Gasteiger partial charge on any atom is -0.351 e. The van der Waals surface area contributed by atoms with Gasteiger partial charge in [-0.15, -0.1) is 0 Å². The van der Waals surface area contributed by atoms with Crippen molar-refractivity contribution in [2.45, 2.75) is 56.7 Å². The van der Waals surface area contributed by atoms with Crippen molar-refractivity contribution in [1.29, 1.82) is 5.26 Å². The van der Waals surface area contributed by atoms with Crippen molar-refractivity contribution in [2.24, 2.45) is 13.0 Å². The van der Waals surface area contributed by atoms with Gasteiger partial charge in [0.25, 0.3) is 0 Å². The fourth-order valence-electron chi connectivity index (χ4n) is 7.25. The van der Waals surface area contributed by atoms with Crippen molar-refractivity contribution in [3.05, 3.63) is 48.8 Å². The van der Waals surface area contributed by atoms with Crippen LogP contribution >= 0.6 is 0 Å². The number of aryl methyl sites for hydroxylation is 1. The first-order valence-electron chi connectivity index (χ1n) is 12.7. The average molecular weight is 494 g/mol. The Balaban J connectivity index is 1.25. The van der Waals surface area contributed by atoms with Gasteiger partial charge in [-0.05, 0) is 44.1 Å². The monoisotopic (exact) mass is 493 g/mol. The van der Waals surface area contributed by atoms with Gasteiger partial charge in [0, 0.05) is 60.7 Å². The van der Waals surface area contributed by atoms with E-state index in [1.54, 1.807) is 28.5 Å². The standard InChI is InChI=1S/C27H27N9O/c1-16(37)33-27-6-17-3-21(7-27)36(22(4-17)8-27)25-13-29-24(12-30-25)23-5-18(20-11-31-34(2)14-20)15-35-26(23)19(9-28)10-32-35/h5,10-15,17,21-22H,3-4,6-8H2,1-2H3,(H,33,37). The zero-order valence-electron chi connectivity index (χ0n) is 20.8. The molecule has 4 fully saturated rings. The van der Waals surface area contributed by atoms with Crippen LogP contribution in [0.25, 0.3) is 27.9 Å². The van der Waals surface area contributed by atoms with Crippen LogP contribution in [0.4, 0.5) is 5.82 Å². The molecule has 4 aromatic heterocycles. The van der Waals surface area contributed by atoms with Gasteiger partial charge in [0.15, 0.2) is 0 Å². The van der Waals surface area contributed by atoms with Gasteiger partial charge in [-0.1, -0.05) is 0 Å². The first-order chi connectivity index (χ1) is 17.9. The number of nitriles is 1. The van der Waals surface area contributed by atoms with E-state index in [-0.39, 0.29) is 11.4 Å². The van der Waals surface area contributed by atoms with E-state index in [9.17, 15) is 10.1 Å². The van der Waals surface area contributed by atoms with Crippen LogP contribution in [0, 0.1) is 17.2 Å². The summed E-state index contributed by atoms with van der Waals surface area (Å²) in [6.07, 6.45) is 16.2. The van der Waals surface area contributed by atoms with Crippen LogP contribution in [0.15, 0.2) is 43.2 Å². The molecule has 6 heterocycles. The highest BCUT2D eigenvalue weighted by Gasteiger charge is 2.55. The quantitative estimate of drug-likeness (QED) is 0.464. The molecule has 1 N–H and O–H groups in total. The molecular weight excluding hydrogens is 466 g/mol. The van der Waals surface area contributed by atoms with Crippen LogP contribution < -0.4 is 10.2 Å². The van der Waals surface area contributed by atoms with Gasteiger partial charge in [-0.25, -0.2) is 9.50 Å². The van der Waals surface area contributed by atoms with E-state index in [1.165, 1.54) is 0 Å². The summed E-state index contributed by atoms with van der Waals surface area (Å²) < 4.78 is 3.49. The van der Waals surface area contributed by atoms with Gasteiger partial charge >= 0.3 is 0 Å². The van der Waals surface area contributed by atoms with Crippen LogP contribution in [-0.2, 0) is 11.8 Å². The van der Waals surface area contributed by atoms with Crippen LogP contribution in [0.3, 0.4) is 0 Å². The van der Waals surface area contributed by atoms with Crippen molar-refractivity contribution in [3.8, 4) is 28.5 Å². The van der Waals surface area contributed by atoms with E-state index >= 15 is 0 Å². The molecule has 2 aliphatic carbocycles. The molecule has 37 heavy (non-hydrogen) atoms. The van der Waals surface area contributed by atoms with Crippen LogP contribution in [-0.4, -0.2) is 52.9 Å². The topological polar surface area (TPSA) is 117 Å². The van der Waals surface area contributed by atoms with Gasteiger partial charge in [0.1, 0.15) is 11.9 Å². The van der Waals surface area contributed by atoms with Crippen molar-refractivity contribution in [3.63, 3.8) is 0 Å². The molecular formula is C27H27N9O. The zero-order chi connectivity index (χ0) is 25.3. The molecule has 10 heteroatoms. The van der Waals surface area contributed by atoms with Crippen molar-refractivity contribution in [2.75, 3.05) is 4.90 Å². The molecule has 0 radical (unpaired) electrons. The molecule has 186 valence electrons. The molecule has 10 nitrogen and oxygen atoms in total. The Morgan fingerprint density at radius 3 is 2.51 bits per heavy atom. The number of piperidine rings is 2. The molecule has 4 aliphatic rings. The normalized spacial score (nSPS) is 26.0. The second-order valence-electron chi connectivity index (χ2n) is 10.9. The Kier molecular flexibility index (Phi) is 4.67. The molecule has 4 aromatic rings. The summed E-state index contributed by atoms with van der Waals surface area (Å²) in [4.78, 5) is 24.1. The van der Waals surface area contributed by atoms with Crippen molar-refractivity contribution < 1.29 is 4.79 Å². The van der Waals surface area contributed by atoms with E-state index in [0.29, 0.717) is 34.8 Å².